The molecule has 7 heteroatoms. The molecule has 0 fully saturated rings. The van der Waals surface area contributed by atoms with E-state index < -0.39 is 15.8 Å². The standard InChI is InChI=1S/C22H23FN2O3S/c1-12-5-6-14(8-16(12)23)25-29(27,28)20-9-17-15(7-13(20)2)21-18(24-17)10-22(3,4)11-19(21)26/h5-9,24-25H,10-11H2,1-4H3. The van der Waals surface area contributed by atoms with E-state index in [1.807, 2.05) is 13.8 Å². The predicted octanol–water partition coefficient (Wildman–Crippen LogP) is 4.88. The van der Waals surface area contributed by atoms with Gasteiger partial charge in [0.25, 0.3) is 10.0 Å². The first kappa shape index (κ1) is 19.6. The van der Waals surface area contributed by atoms with Crippen LogP contribution >= 0.6 is 0 Å². The zero-order chi connectivity index (χ0) is 21.1. The van der Waals surface area contributed by atoms with Gasteiger partial charge in [-0.1, -0.05) is 19.9 Å². The zero-order valence-corrected chi connectivity index (χ0v) is 17.6. The Labute approximate surface area is 169 Å². The second kappa shape index (κ2) is 6.42. The Balaban J connectivity index is 1.79. The van der Waals surface area contributed by atoms with Crippen molar-refractivity contribution in [1.82, 2.24) is 4.98 Å². The second-order valence-electron chi connectivity index (χ2n) is 8.65. The highest BCUT2D eigenvalue weighted by Crippen LogP contribution is 2.39. The fraction of sp³-hybridized carbons (Fsp3) is 0.318. The van der Waals surface area contributed by atoms with Crippen LogP contribution in [0.25, 0.3) is 10.9 Å². The first-order chi connectivity index (χ1) is 13.5. The first-order valence-electron chi connectivity index (χ1n) is 9.44. The summed E-state index contributed by atoms with van der Waals surface area (Å²) in [6.45, 7) is 7.40. The molecule has 1 aromatic heterocycles. The molecule has 0 saturated carbocycles. The minimum atomic E-state index is -3.92. The number of hydrogen-bond donors (Lipinski definition) is 2. The van der Waals surface area contributed by atoms with Crippen LogP contribution in [0.1, 0.15) is 47.4 Å². The number of carbonyl (C=O) groups excluding carboxylic acids is 1. The van der Waals surface area contributed by atoms with Crippen LogP contribution in [0.15, 0.2) is 35.2 Å². The lowest BCUT2D eigenvalue weighted by molar-refractivity contribution is 0.0913. The number of carbonyl (C=O) groups is 1. The van der Waals surface area contributed by atoms with Crippen LogP contribution in [0.2, 0.25) is 0 Å². The number of sulfonamides is 1. The number of aromatic amines is 1. The third-order valence-electron chi connectivity index (χ3n) is 5.46. The largest absolute Gasteiger partial charge is 0.358 e. The molecule has 152 valence electrons. The Morgan fingerprint density at radius 3 is 2.48 bits per heavy atom. The summed E-state index contributed by atoms with van der Waals surface area (Å²) >= 11 is 0. The molecule has 0 bridgehead atoms. The maximum absolute atomic E-state index is 13.8. The van der Waals surface area contributed by atoms with Crippen LogP contribution in [0.5, 0.6) is 0 Å². The quantitative estimate of drug-likeness (QED) is 0.641. The van der Waals surface area contributed by atoms with Crippen molar-refractivity contribution in [2.45, 2.75) is 45.4 Å². The minimum absolute atomic E-state index is 0.0748. The van der Waals surface area contributed by atoms with Crippen molar-refractivity contribution in [3.05, 3.63) is 58.5 Å². The summed E-state index contributed by atoms with van der Waals surface area (Å²) in [6.07, 6.45) is 1.19. The Kier molecular flexibility index (Phi) is 4.35. The molecule has 1 heterocycles. The van der Waals surface area contributed by atoms with Gasteiger partial charge in [0, 0.05) is 28.6 Å². The number of nitrogens with one attached hydrogen (secondary N) is 2. The number of fused-ring (bicyclic) bond motifs is 3. The van der Waals surface area contributed by atoms with E-state index in [2.05, 4.69) is 9.71 Å². The number of H-pyrrole nitrogens is 1. The topological polar surface area (TPSA) is 79.0 Å². The van der Waals surface area contributed by atoms with E-state index in [1.54, 1.807) is 26.0 Å². The van der Waals surface area contributed by atoms with Crippen molar-refractivity contribution in [3.8, 4) is 0 Å². The van der Waals surface area contributed by atoms with E-state index in [0.717, 1.165) is 23.6 Å². The highest BCUT2D eigenvalue weighted by atomic mass is 32.2. The average molecular weight is 415 g/mol. The van der Waals surface area contributed by atoms with E-state index in [-0.39, 0.29) is 21.8 Å². The molecule has 1 aliphatic rings. The molecule has 1 aliphatic carbocycles. The van der Waals surface area contributed by atoms with Crippen molar-refractivity contribution in [3.63, 3.8) is 0 Å². The lowest BCUT2D eigenvalue weighted by Crippen LogP contribution is -2.26. The molecule has 3 aromatic rings. The monoisotopic (exact) mass is 414 g/mol. The van der Waals surface area contributed by atoms with Crippen LogP contribution in [-0.4, -0.2) is 19.2 Å². The Hall–Kier alpha value is -2.67. The van der Waals surface area contributed by atoms with Crippen molar-refractivity contribution in [2.75, 3.05) is 4.72 Å². The molecule has 0 saturated heterocycles. The van der Waals surface area contributed by atoms with Gasteiger partial charge in [0.1, 0.15) is 5.82 Å². The number of ketones is 1. The van der Waals surface area contributed by atoms with Crippen LogP contribution < -0.4 is 4.72 Å². The molecule has 0 amide bonds. The van der Waals surface area contributed by atoms with Gasteiger partial charge in [-0.05, 0) is 61.1 Å². The zero-order valence-electron chi connectivity index (χ0n) is 16.8. The fourth-order valence-electron chi connectivity index (χ4n) is 4.06. The molecule has 2 aromatic carbocycles. The number of aryl methyl sites for hydroxylation is 2. The Bertz CT molecular complexity index is 1270. The van der Waals surface area contributed by atoms with Gasteiger partial charge in [-0.3, -0.25) is 9.52 Å². The maximum atomic E-state index is 13.8. The highest BCUT2D eigenvalue weighted by molar-refractivity contribution is 7.92. The van der Waals surface area contributed by atoms with E-state index in [0.29, 0.717) is 28.6 Å². The Morgan fingerprint density at radius 1 is 1.07 bits per heavy atom. The predicted molar refractivity (Wildman–Crippen MR) is 111 cm³/mol. The van der Waals surface area contributed by atoms with Crippen molar-refractivity contribution in [1.29, 1.82) is 0 Å². The van der Waals surface area contributed by atoms with Crippen molar-refractivity contribution >= 4 is 32.4 Å². The number of benzene rings is 2. The highest BCUT2D eigenvalue weighted by Gasteiger charge is 2.34. The van der Waals surface area contributed by atoms with Gasteiger partial charge in [0.05, 0.1) is 10.6 Å². The molecular formula is C22H23FN2O3S. The van der Waals surface area contributed by atoms with Gasteiger partial charge in [-0.25, -0.2) is 12.8 Å². The summed E-state index contributed by atoms with van der Waals surface area (Å²) < 4.78 is 42.2. The van der Waals surface area contributed by atoms with E-state index in [9.17, 15) is 17.6 Å². The maximum Gasteiger partial charge on any atom is 0.262 e. The smallest absolute Gasteiger partial charge is 0.262 e. The summed E-state index contributed by atoms with van der Waals surface area (Å²) in [4.78, 5) is 16.0. The number of anilines is 1. The van der Waals surface area contributed by atoms with Gasteiger partial charge in [-0.2, -0.15) is 0 Å². The second-order valence-corrected chi connectivity index (χ2v) is 10.3. The molecule has 0 spiro atoms. The van der Waals surface area contributed by atoms with Crippen molar-refractivity contribution < 1.29 is 17.6 Å². The number of aromatic nitrogens is 1. The fourth-order valence-corrected chi connectivity index (χ4v) is 5.36. The number of hydrogen-bond acceptors (Lipinski definition) is 3. The SMILES string of the molecule is Cc1ccc(NS(=O)(=O)c2cc3[nH]c4c(c3cc2C)C(=O)CC(C)(C)C4)cc1F. The lowest BCUT2D eigenvalue weighted by Gasteiger charge is -2.28. The van der Waals surface area contributed by atoms with Gasteiger partial charge >= 0.3 is 0 Å². The molecule has 29 heavy (non-hydrogen) atoms. The Morgan fingerprint density at radius 2 is 1.79 bits per heavy atom. The van der Waals surface area contributed by atoms with Crippen LogP contribution in [0.3, 0.4) is 0 Å². The number of Topliss-reactive ketones (excluding diaryl/α,β-unsaturated/α-hetero) is 1. The van der Waals surface area contributed by atoms with E-state index in [1.165, 1.54) is 12.1 Å². The van der Waals surface area contributed by atoms with Gasteiger partial charge in [-0.15, -0.1) is 0 Å². The van der Waals surface area contributed by atoms with Gasteiger partial charge in [0.15, 0.2) is 5.78 Å². The van der Waals surface area contributed by atoms with Crippen LogP contribution in [0, 0.1) is 25.1 Å². The summed E-state index contributed by atoms with van der Waals surface area (Å²) in [5, 5.41) is 0.748. The summed E-state index contributed by atoms with van der Waals surface area (Å²) in [5.74, 6) is -0.402. The molecule has 0 radical (unpaired) electrons. The van der Waals surface area contributed by atoms with Gasteiger partial charge < -0.3 is 4.98 Å². The molecular weight excluding hydrogens is 391 g/mol. The molecule has 0 aliphatic heterocycles. The summed E-state index contributed by atoms with van der Waals surface area (Å²) in [5.41, 5.74) is 3.12. The van der Waals surface area contributed by atoms with Crippen LogP contribution in [0.4, 0.5) is 10.1 Å². The van der Waals surface area contributed by atoms with Crippen LogP contribution in [-0.2, 0) is 16.4 Å². The molecule has 2 N–H and O–H groups in total. The average Bonchev–Trinajstić information content (AvgIpc) is 2.93. The molecule has 4 rings (SSSR count). The number of halogens is 1. The summed E-state index contributed by atoms with van der Waals surface area (Å²) in [7, 11) is -3.92. The molecule has 0 atom stereocenters. The lowest BCUT2D eigenvalue weighted by atomic mass is 9.76. The van der Waals surface area contributed by atoms with E-state index in [4.69, 9.17) is 0 Å². The van der Waals surface area contributed by atoms with Gasteiger partial charge in [0.2, 0.25) is 0 Å². The minimum Gasteiger partial charge on any atom is -0.358 e. The first-order valence-corrected chi connectivity index (χ1v) is 10.9. The molecule has 5 nitrogen and oxygen atoms in total. The molecule has 0 unspecified atom stereocenters. The van der Waals surface area contributed by atoms with Crippen molar-refractivity contribution in [2.24, 2.45) is 5.41 Å². The third kappa shape index (κ3) is 3.44. The summed E-state index contributed by atoms with van der Waals surface area (Å²) in [6, 6.07) is 7.50. The third-order valence-corrected chi connectivity index (χ3v) is 6.98. The normalized spacial score (nSPS) is 16.1. The van der Waals surface area contributed by atoms with E-state index >= 15 is 0 Å². The number of rotatable bonds is 3.